The minimum Gasteiger partial charge on any atom is -0.493 e. The molecule has 0 fully saturated rings. The van der Waals surface area contributed by atoms with E-state index in [1.807, 2.05) is 31.2 Å². The molecule has 0 radical (unpaired) electrons. The summed E-state index contributed by atoms with van der Waals surface area (Å²) in [4.78, 5) is 11.3. The van der Waals surface area contributed by atoms with Gasteiger partial charge in [-0.1, -0.05) is 24.3 Å². The smallest absolute Gasteiger partial charge is 0.169 e. The predicted molar refractivity (Wildman–Crippen MR) is 75.1 cm³/mol. The fourth-order valence-electron chi connectivity index (χ4n) is 2.17. The molecule has 98 valence electrons. The topological polar surface area (TPSA) is 35.5 Å². The van der Waals surface area contributed by atoms with Crippen LogP contribution in [0.25, 0.3) is 11.1 Å². The van der Waals surface area contributed by atoms with Crippen LogP contribution in [0.15, 0.2) is 36.4 Å². The molecule has 0 spiro atoms. The summed E-state index contributed by atoms with van der Waals surface area (Å²) >= 11 is 0. The number of methoxy groups -OCH3 is 2. The van der Waals surface area contributed by atoms with Crippen molar-refractivity contribution in [2.75, 3.05) is 14.2 Å². The summed E-state index contributed by atoms with van der Waals surface area (Å²) in [6, 6.07) is 11.4. The van der Waals surface area contributed by atoms with E-state index >= 15 is 0 Å². The number of ether oxygens (including phenoxy) is 2. The Hall–Kier alpha value is -2.29. The standard InChI is InChI=1S/C16H16O3/c1-11-6-4-5-7-13(11)15-12(10-17)8-9-14(18-2)16(15)19-3/h4-10H,1-3H3. The van der Waals surface area contributed by atoms with Crippen molar-refractivity contribution >= 4 is 6.29 Å². The Kier molecular flexibility index (Phi) is 3.85. The van der Waals surface area contributed by atoms with Crippen molar-refractivity contribution in [1.29, 1.82) is 0 Å². The molecule has 0 saturated carbocycles. The highest BCUT2D eigenvalue weighted by molar-refractivity contribution is 5.92. The Balaban J connectivity index is 2.79. The zero-order valence-electron chi connectivity index (χ0n) is 11.3. The normalized spacial score (nSPS) is 10.1. The molecule has 2 aromatic rings. The van der Waals surface area contributed by atoms with Crippen molar-refractivity contribution in [1.82, 2.24) is 0 Å². The lowest BCUT2D eigenvalue weighted by atomic mass is 9.95. The molecule has 2 aromatic carbocycles. The molecular formula is C16H16O3. The van der Waals surface area contributed by atoms with Crippen LogP contribution in [0.5, 0.6) is 11.5 Å². The summed E-state index contributed by atoms with van der Waals surface area (Å²) in [6.45, 7) is 2.00. The zero-order valence-corrected chi connectivity index (χ0v) is 11.3. The molecule has 0 bridgehead atoms. The van der Waals surface area contributed by atoms with E-state index in [0.717, 1.165) is 23.0 Å². The Bertz CT molecular complexity index is 603. The van der Waals surface area contributed by atoms with Gasteiger partial charge in [-0.2, -0.15) is 0 Å². The second kappa shape index (κ2) is 5.57. The van der Waals surface area contributed by atoms with Crippen LogP contribution in [-0.2, 0) is 0 Å². The van der Waals surface area contributed by atoms with E-state index in [0.29, 0.717) is 17.1 Å². The monoisotopic (exact) mass is 256 g/mol. The second-order valence-electron chi connectivity index (χ2n) is 4.20. The van der Waals surface area contributed by atoms with E-state index in [2.05, 4.69) is 0 Å². The van der Waals surface area contributed by atoms with Gasteiger partial charge in [0.05, 0.1) is 14.2 Å². The van der Waals surface area contributed by atoms with E-state index in [4.69, 9.17) is 9.47 Å². The SMILES string of the molecule is COc1ccc(C=O)c(-c2ccccc2C)c1OC. The van der Waals surface area contributed by atoms with Crippen LogP contribution in [-0.4, -0.2) is 20.5 Å². The van der Waals surface area contributed by atoms with Gasteiger partial charge in [-0.3, -0.25) is 4.79 Å². The first-order valence-corrected chi connectivity index (χ1v) is 5.99. The molecular weight excluding hydrogens is 240 g/mol. The van der Waals surface area contributed by atoms with Crippen LogP contribution in [0.1, 0.15) is 15.9 Å². The molecule has 19 heavy (non-hydrogen) atoms. The van der Waals surface area contributed by atoms with Gasteiger partial charge >= 0.3 is 0 Å². The molecule has 0 saturated heterocycles. The van der Waals surface area contributed by atoms with E-state index < -0.39 is 0 Å². The van der Waals surface area contributed by atoms with E-state index in [1.165, 1.54) is 0 Å². The second-order valence-corrected chi connectivity index (χ2v) is 4.20. The van der Waals surface area contributed by atoms with E-state index in [-0.39, 0.29) is 0 Å². The van der Waals surface area contributed by atoms with Crippen molar-refractivity contribution in [2.45, 2.75) is 6.92 Å². The summed E-state index contributed by atoms with van der Waals surface area (Å²) in [5.41, 5.74) is 3.42. The molecule has 0 N–H and O–H groups in total. The molecule has 0 heterocycles. The quantitative estimate of drug-likeness (QED) is 0.785. The molecule has 0 atom stereocenters. The molecule has 0 aromatic heterocycles. The van der Waals surface area contributed by atoms with Crippen LogP contribution in [0.4, 0.5) is 0 Å². The lowest BCUT2D eigenvalue weighted by molar-refractivity contribution is 0.112. The largest absolute Gasteiger partial charge is 0.493 e. The van der Waals surface area contributed by atoms with Crippen molar-refractivity contribution in [2.24, 2.45) is 0 Å². The number of aryl methyl sites for hydroxylation is 1. The van der Waals surface area contributed by atoms with Crippen molar-refractivity contribution in [3.63, 3.8) is 0 Å². The summed E-state index contributed by atoms with van der Waals surface area (Å²) in [5, 5.41) is 0. The zero-order chi connectivity index (χ0) is 13.8. The Morgan fingerprint density at radius 1 is 1.00 bits per heavy atom. The van der Waals surface area contributed by atoms with E-state index in [1.54, 1.807) is 26.4 Å². The maximum absolute atomic E-state index is 11.3. The first kappa shape index (κ1) is 13.1. The highest BCUT2D eigenvalue weighted by Gasteiger charge is 2.17. The molecule has 0 amide bonds. The molecule has 2 rings (SSSR count). The minimum atomic E-state index is 0.585. The van der Waals surface area contributed by atoms with Gasteiger partial charge in [-0.15, -0.1) is 0 Å². The fourth-order valence-corrected chi connectivity index (χ4v) is 2.17. The number of rotatable bonds is 4. The van der Waals surface area contributed by atoms with Crippen LogP contribution in [0.3, 0.4) is 0 Å². The van der Waals surface area contributed by atoms with Crippen molar-refractivity contribution in [3.05, 3.63) is 47.5 Å². The summed E-state index contributed by atoms with van der Waals surface area (Å²) in [6.07, 6.45) is 0.837. The van der Waals surface area contributed by atoms with Crippen molar-refractivity contribution in [3.8, 4) is 22.6 Å². The molecule has 0 unspecified atom stereocenters. The molecule has 0 aliphatic carbocycles. The number of carbonyl (C=O) groups is 1. The van der Waals surface area contributed by atoms with Gasteiger partial charge < -0.3 is 9.47 Å². The first-order valence-electron chi connectivity index (χ1n) is 5.99. The lowest BCUT2D eigenvalue weighted by Gasteiger charge is -2.16. The summed E-state index contributed by atoms with van der Waals surface area (Å²) in [5.74, 6) is 1.20. The van der Waals surface area contributed by atoms with Gasteiger partial charge in [-0.05, 0) is 30.2 Å². The van der Waals surface area contributed by atoms with Gasteiger partial charge in [0, 0.05) is 11.1 Å². The lowest BCUT2D eigenvalue weighted by Crippen LogP contribution is -1.98. The van der Waals surface area contributed by atoms with Crippen molar-refractivity contribution < 1.29 is 14.3 Å². The van der Waals surface area contributed by atoms with E-state index in [9.17, 15) is 4.79 Å². The van der Waals surface area contributed by atoms with Crippen LogP contribution >= 0.6 is 0 Å². The molecule has 3 nitrogen and oxygen atoms in total. The number of aldehydes is 1. The number of hydrogen-bond acceptors (Lipinski definition) is 3. The molecule has 0 aliphatic heterocycles. The highest BCUT2D eigenvalue weighted by atomic mass is 16.5. The van der Waals surface area contributed by atoms with Gasteiger partial charge in [0.2, 0.25) is 0 Å². The minimum absolute atomic E-state index is 0.585. The maximum Gasteiger partial charge on any atom is 0.169 e. The Labute approximate surface area is 112 Å². The third-order valence-electron chi connectivity index (χ3n) is 3.12. The highest BCUT2D eigenvalue weighted by Crippen LogP contribution is 2.41. The predicted octanol–water partition coefficient (Wildman–Crippen LogP) is 3.49. The summed E-state index contributed by atoms with van der Waals surface area (Å²) < 4.78 is 10.7. The number of hydrogen-bond donors (Lipinski definition) is 0. The Morgan fingerprint density at radius 2 is 1.74 bits per heavy atom. The number of carbonyl (C=O) groups excluding carboxylic acids is 1. The van der Waals surface area contributed by atoms with Crippen LogP contribution in [0, 0.1) is 6.92 Å². The van der Waals surface area contributed by atoms with Crippen LogP contribution < -0.4 is 9.47 Å². The summed E-state index contributed by atoms with van der Waals surface area (Å²) in [7, 11) is 3.16. The third-order valence-corrected chi connectivity index (χ3v) is 3.12. The Morgan fingerprint density at radius 3 is 2.32 bits per heavy atom. The van der Waals surface area contributed by atoms with Gasteiger partial charge in [-0.25, -0.2) is 0 Å². The maximum atomic E-state index is 11.3. The fraction of sp³-hybridized carbons (Fsp3) is 0.188. The van der Waals surface area contributed by atoms with Gasteiger partial charge in [0.1, 0.15) is 0 Å². The average molecular weight is 256 g/mol. The van der Waals surface area contributed by atoms with Crippen LogP contribution in [0.2, 0.25) is 0 Å². The van der Waals surface area contributed by atoms with Gasteiger partial charge in [0.15, 0.2) is 17.8 Å². The average Bonchev–Trinajstić information content (AvgIpc) is 2.46. The third kappa shape index (κ3) is 2.32. The molecule has 0 aliphatic rings. The van der Waals surface area contributed by atoms with Gasteiger partial charge in [0.25, 0.3) is 0 Å². The first-order chi connectivity index (χ1) is 9.22. The number of benzene rings is 2. The molecule has 3 heteroatoms.